The van der Waals surface area contributed by atoms with Crippen molar-refractivity contribution in [2.75, 3.05) is 19.2 Å². The monoisotopic (exact) mass is 304 g/mol. The van der Waals surface area contributed by atoms with Crippen molar-refractivity contribution in [1.82, 2.24) is 4.90 Å². The van der Waals surface area contributed by atoms with Crippen LogP contribution >= 0.6 is 11.3 Å². The van der Waals surface area contributed by atoms with Crippen LogP contribution in [-0.4, -0.2) is 24.8 Å². The van der Waals surface area contributed by atoms with Crippen molar-refractivity contribution in [2.24, 2.45) is 0 Å². The minimum Gasteiger partial charge on any atom is -0.454 e. The Morgan fingerprint density at radius 1 is 1.33 bits per heavy atom. The molecule has 21 heavy (non-hydrogen) atoms. The highest BCUT2D eigenvalue weighted by Gasteiger charge is 2.19. The van der Waals surface area contributed by atoms with Crippen LogP contribution in [0.25, 0.3) is 0 Å². The van der Waals surface area contributed by atoms with E-state index in [1.54, 1.807) is 41.5 Å². The van der Waals surface area contributed by atoms with Gasteiger partial charge in [0.1, 0.15) is 0 Å². The van der Waals surface area contributed by atoms with Crippen LogP contribution in [0.2, 0.25) is 0 Å². The lowest BCUT2D eigenvalue weighted by Crippen LogP contribution is -2.33. The molecule has 0 saturated heterocycles. The third-order valence-corrected chi connectivity index (χ3v) is 4.52. The van der Waals surface area contributed by atoms with E-state index in [1.807, 2.05) is 24.4 Å². The summed E-state index contributed by atoms with van der Waals surface area (Å²) in [5.41, 5.74) is 0.689. The summed E-state index contributed by atoms with van der Waals surface area (Å²) >= 11 is 1.64. The molecule has 6 heteroatoms. The lowest BCUT2D eigenvalue weighted by atomic mass is 10.2. The highest BCUT2D eigenvalue weighted by atomic mass is 32.1. The standard InChI is InChI=1S/C15H16N2O3S/c1-10(14-4-3-7-21-14)17(2)15(18)16-11-5-6-12-13(8-11)20-9-19-12/h3-8,10H,9H2,1-2H3,(H,16,18)/t10-/m1/s1. The van der Waals surface area contributed by atoms with Crippen LogP contribution in [0.3, 0.4) is 0 Å². The summed E-state index contributed by atoms with van der Waals surface area (Å²) in [5, 5.41) is 4.88. The Labute approximate surface area is 127 Å². The molecule has 1 atom stereocenters. The van der Waals surface area contributed by atoms with Gasteiger partial charge < -0.3 is 19.7 Å². The van der Waals surface area contributed by atoms with E-state index in [-0.39, 0.29) is 18.9 Å². The van der Waals surface area contributed by atoms with Crippen molar-refractivity contribution in [3.8, 4) is 11.5 Å². The number of thiophene rings is 1. The fourth-order valence-electron chi connectivity index (χ4n) is 2.08. The van der Waals surface area contributed by atoms with Gasteiger partial charge in [0.25, 0.3) is 0 Å². The molecular weight excluding hydrogens is 288 g/mol. The van der Waals surface area contributed by atoms with Gasteiger partial charge in [-0.05, 0) is 30.5 Å². The zero-order valence-corrected chi connectivity index (χ0v) is 12.6. The van der Waals surface area contributed by atoms with E-state index in [0.29, 0.717) is 17.2 Å². The predicted octanol–water partition coefficient (Wildman–Crippen LogP) is 3.70. The van der Waals surface area contributed by atoms with Crippen LogP contribution in [0.15, 0.2) is 35.7 Å². The number of carbonyl (C=O) groups is 1. The molecule has 2 aromatic rings. The Kier molecular flexibility index (Phi) is 3.70. The Morgan fingerprint density at radius 2 is 2.14 bits per heavy atom. The summed E-state index contributed by atoms with van der Waals surface area (Å²) in [6, 6.07) is 9.24. The molecule has 0 fully saturated rings. The average molecular weight is 304 g/mol. The largest absolute Gasteiger partial charge is 0.454 e. The number of rotatable bonds is 3. The van der Waals surface area contributed by atoms with Gasteiger partial charge in [0.05, 0.1) is 6.04 Å². The van der Waals surface area contributed by atoms with E-state index in [2.05, 4.69) is 5.32 Å². The molecule has 1 N–H and O–H groups in total. The number of anilines is 1. The van der Waals surface area contributed by atoms with Crippen molar-refractivity contribution in [3.05, 3.63) is 40.6 Å². The summed E-state index contributed by atoms with van der Waals surface area (Å²) in [7, 11) is 1.78. The van der Waals surface area contributed by atoms with Crippen molar-refractivity contribution in [2.45, 2.75) is 13.0 Å². The molecule has 0 radical (unpaired) electrons. The average Bonchev–Trinajstić information content (AvgIpc) is 3.16. The molecule has 0 bridgehead atoms. The minimum atomic E-state index is -0.158. The predicted molar refractivity (Wildman–Crippen MR) is 82.1 cm³/mol. The topological polar surface area (TPSA) is 50.8 Å². The first-order chi connectivity index (χ1) is 10.1. The first kappa shape index (κ1) is 13.8. The minimum absolute atomic E-state index is 0.0269. The van der Waals surface area contributed by atoms with Gasteiger partial charge in [0.15, 0.2) is 11.5 Å². The van der Waals surface area contributed by atoms with E-state index >= 15 is 0 Å². The SMILES string of the molecule is C[C@H](c1cccs1)N(C)C(=O)Nc1ccc2c(c1)OCO2. The smallest absolute Gasteiger partial charge is 0.322 e. The highest BCUT2D eigenvalue weighted by molar-refractivity contribution is 7.10. The number of fused-ring (bicyclic) bond motifs is 1. The van der Waals surface area contributed by atoms with Gasteiger partial charge in [-0.25, -0.2) is 4.79 Å². The zero-order valence-electron chi connectivity index (χ0n) is 11.8. The lowest BCUT2D eigenvalue weighted by Gasteiger charge is -2.24. The van der Waals surface area contributed by atoms with Crippen molar-refractivity contribution in [3.63, 3.8) is 0 Å². The summed E-state index contributed by atoms with van der Waals surface area (Å²) in [5.74, 6) is 1.36. The van der Waals surface area contributed by atoms with E-state index in [0.717, 1.165) is 4.88 Å². The normalized spacial score (nSPS) is 13.8. The molecule has 5 nitrogen and oxygen atoms in total. The van der Waals surface area contributed by atoms with Crippen molar-refractivity contribution >= 4 is 23.1 Å². The van der Waals surface area contributed by atoms with Gasteiger partial charge in [-0.15, -0.1) is 11.3 Å². The van der Waals surface area contributed by atoms with Crippen molar-refractivity contribution < 1.29 is 14.3 Å². The maximum absolute atomic E-state index is 12.3. The molecule has 1 aliphatic rings. The summed E-state index contributed by atoms with van der Waals surface area (Å²) in [6.07, 6.45) is 0. The van der Waals surface area contributed by atoms with Gasteiger partial charge in [-0.2, -0.15) is 0 Å². The fourth-order valence-corrected chi connectivity index (χ4v) is 2.91. The molecule has 2 heterocycles. The Bertz CT molecular complexity index is 642. The number of amides is 2. The van der Waals surface area contributed by atoms with E-state index in [4.69, 9.17) is 9.47 Å². The molecule has 1 aromatic carbocycles. The summed E-state index contributed by atoms with van der Waals surface area (Å²) < 4.78 is 10.6. The van der Waals surface area contributed by atoms with Gasteiger partial charge in [0, 0.05) is 23.7 Å². The summed E-state index contributed by atoms with van der Waals surface area (Å²) in [4.78, 5) is 15.1. The van der Waals surface area contributed by atoms with Gasteiger partial charge in [-0.3, -0.25) is 0 Å². The first-order valence-electron chi connectivity index (χ1n) is 6.62. The Morgan fingerprint density at radius 3 is 2.90 bits per heavy atom. The number of urea groups is 1. The number of benzene rings is 1. The Balaban J connectivity index is 1.68. The van der Waals surface area contributed by atoms with E-state index < -0.39 is 0 Å². The third kappa shape index (κ3) is 2.80. The van der Waals surface area contributed by atoms with E-state index in [1.165, 1.54) is 0 Å². The Hall–Kier alpha value is -2.21. The second-order valence-electron chi connectivity index (χ2n) is 4.80. The van der Waals surface area contributed by atoms with Crippen LogP contribution in [0.1, 0.15) is 17.8 Å². The van der Waals surface area contributed by atoms with Crippen LogP contribution in [0.4, 0.5) is 10.5 Å². The molecule has 0 unspecified atom stereocenters. The third-order valence-electron chi connectivity index (χ3n) is 3.48. The highest BCUT2D eigenvalue weighted by Crippen LogP contribution is 2.34. The number of nitrogens with zero attached hydrogens (tertiary/aromatic N) is 1. The van der Waals surface area contributed by atoms with E-state index in [9.17, 15) is 4.79 Å². The van der Waals surface area contributed by atoms with Gasteiger partial charge in [0.2, 0.25) is 6.79 Å². The second kappa shape index (κ2) is 5.65. The number of ether oxygens (including phenoxy) is 2. The molecule has 3 rings (SSSR count). The molecule has 1 aromatic heterocycles. The van der Waals surface area contributed by atoms with Crippen molar-refractivity contribution in [1.29, 1.82) is 0 Å². The maximum atomic E-state index is 12.3. The van der Waals surface area contributed by atoms with Gasteiger partial charge in [-0.1, -0.05) is 6.07 Å². The molecule has 0 saturated carbocycles. The number of hydrogen-bond donors (Lipinski definition) is 1. The fraction of sp³-hybridized carbons (Fsp3) is 0.267. The van der Waals surface area contributed by atoms with Crippen LogP contribution in [0, 0.1) is 0 Å². The molecule has 0 spiro atoms. The molecule has 0 aliphatic carbocycles. The molecule has 2 amide bonds. The zero-order chi connectivity index (χ0) is 14.8. The quantitative estimate of drug-likeness (QED) is 0.940. The number of nitrogens with one attached hydrogen (secondary N) is 1. The van der Waals surface area contributed by atoms with Crippen LogP contribution in [0.5, 0.6) is 11.5 Å². The number of carbonyl (C=O) groups excluding carboxylic acids is 1. The molecular formula is C15H16N2O3S. The van der Waals surface area contributed by atoms with Crippen LogP contribution < -0.4 is 14.8 Å². The maximum Gasteiger partial charge on any atom is 0.322 e. The van der Waals surface area contributed by atoms with Gasteiger partial charge >= 0.3 is 6.03 Å². The van der Waals surface area contributed by atoms with Crippen LogP contribution in [-0.2, 0) is 0 Å². The molecule has 1 aliphatic heterocycles. The second-order valence-corrected chi connectivity index (χ2v) is 5.78. The summed E-state index contributed by atoms with van der Waals surface area (Å²) in [6.45, 7) is 2.23. The number of hydrogen-bond acceptors (Lipinski definition) is 4. The lowest BCUT2D eigenvalue weighted by molar-refractivity contribution is 0.174. The molecule has 110 valence electrons. The first-order valence-corrected chi connectivity index (χ1v) is 7.50.